The Labute approximate surface area is 193 Å². The van der Waals surface area contributed by atoms with Gasteiger partial charge in [-0.3, -0.25) is 4.79 Å². The Bertz CT molecular complexity index is 1220. The molecule has 1 aromatic heterocycles. The van der Waals surface area contributed by atoms with E-state index in [9.17, 15) is 13.2 Å². The van der Waals surface area contributed by atoms with Crippen molar-refractivity contribution < 1.29 is 17.8 Å². The first kappa shape index (κ1) is 22.0. The van der Waals surface area contributed by atoms with Gasteiger partial charge in [0.05, 0.1) is 5.92 Å². The third-order valence-corrected chi connectivity index (χ3v) is 8.79. The molecule has 0 unspecified atom stereocenters. The van der Waals surface area contributed by atoms with Gasteiger partial charge in [-0.1, -0.05) is 36.4 Å². The zero-order chi connectivity index (χ0) is 22.8. The highest BCUT2D eigenvalue weighted by Crippen LogP contribution is 2.29. The van der Waals surface area contributed by atoms with Crippen LogP contribution in [0.3, 0.4) is 0 Å². The number of amides is 1. The summed E-state index contributed by atoms with van der Waals surface area (Å²) in [6.45, 7) is 2.08. The minimum Gasteiger partial charge on any atom is -0.342 e. The van der Waals surface area contributed by atoms with Gasteiger partial charge in [-0.05, 0) is 66.0 Å². The number of carbonyl (C=O) groups is 1. The van der Waals surface area contributed by atoms with Crippen LogP contribution in [0.5, 0.6) is 0 Å². The van der Waals surface area contributed by atoms with Crippen LogP contribution in [-0.2, 0) is 21.2 Å². The summed E-state index contributed by atoms with van der Waals surface area (Å²) in [7, 11) is -3.80. The van der Waals surface area contributed by atoms with Gasteiger partial charge >= 0.3 is 0 Å². The zero-order valence-corrected chi connectivity index (χ0v) is 19.3. The average molecular weight is 469 g/mol. The Hall–Kier alpha value is -2.78. The summed E-state index contributed by atoms with van der Waals surface area (Å²) < 4.78 is 32.9. The zero-order valence-electron chi connectivity index (χ0n) is 18.5. The van der Waals surface area contributed by atoms with Gasteiger partial charge in [0.1, 0.15) is 10.4 Å². The van der Waals surface area contributed by atoms with Crippen molar-refractivity contribution in [1.29, 1.82) is 0 Å². The van der Waals surface area contributed by atoms with Gasteiger partial charge in [0.25, 0.3) is 0 Å². The van der Waals surface area contributed by atoms with Gasteiger partial charge in [0, 0.05) is 26.2 Å². The molecule has 0 aliphatic carbocycles. The molecule has 2 aliphatic heterocycles. The van der Waals surface area contributed by atoms with E-state index in [-0.39, 0.29) is 28.8 Å². The predicted molar refractivity (Wildman–Crippen MR) is 123 cm³/mol. The Balaban J connectivity index is 1.23. The molecule has 1 amide bonds. The average Bonchev–Trinajstić information content (AvgIpc) is 3.34. The van der Waals surface area contributed by atoms with Crippen LogP contribution >= 0.6 is 0 Å². The largest absolute Gasteiger partial charge is 0.342 e. The number of hydrogen-bond acceptors (Lipinski definition) is 6. The van der Waals surface area contributed by atoms with Crippen LogP contribution < -0.4 is 0 Å². The summed E-state index contributed by atoms with van der Waals surface area (Å²) in [6, 6.07) is 15.3. The van der Waals surface area contributed by atoms with Crippen LogP contribution in [0.25, 0.3) is 11.0 Å². The Morgan fingerprint density at radius 3 is 2.55 bits per heavy atom. The lowest BCUT2D eigenvalue weighted by Crippen LogP contribution is -2.48. The fraction of sp³-hybridized carbons (Fsp3) is 0.458. The van der Waals surface area contributed by atoms with Gasteiger partial charge in [0.2, 0.25) is 15.9 Å². The smallest absolute Gasteiger partial charge is 0.245 e. The van der Waals surface area contributed by atoms with Crippen LogP contribution in [0.2, 0.25) is 0 Å². The molecular weight excluding hydrogens is 440 g/mol. The van der Waals surface area contributed by atoms with Crippen molar-refractivity contribution in [1.82, 2.24) is 19.5 Å². The summed E-state index contributed by atoms with van der Waals surface area (Å²) in [5.41, 5.74) is 1.97. The summed E-state index contributed by atoms with van der Waals surface area (Å²) >= 11 is 0. The van der Waals surface area contributed by atoms with Crippen LogP contribution in [0, 0.1) is 11.8 Å². The normalized spacial score (nSPS) is 20.8. The summed E-state index contributed by atoms with van der Waals surface area (Å²) in [4.78, 5) is 15.3. The Morgan fingerprint density at radius 2 is 1.76 bits per heavy atom. The summed E-state index contributed by atoms with van der Waals surface area (Å²) in [5.74, 6) is 0.347. The third kappa shape index (κ3) is 4.52. The molecule has 9 heteroatoms. The number of sulfonamides is 1. The fourth-order valence-corrected chi connectivity index (χ4v) is 6.71. The number of nitrogens with zero attached hydrogens (tertiary/aromatic N) is 4. The molecule has 2 aromatic carbocycles. The van der Waals surface area contributed by atoms with Crippen molar-refractivity contribution in [2.45, 2.75) is 37.0 Å². The van der Waals surface area contributed by atoms with E-state index in [2.05, 4.69) is 34.6 Å². The van der Waals surface area contributed by atoms with Crippen LogP contribution in [0.15, 0.2) is 58.1 Å². The lowest BCUT2D eigenvalue weighted by atomic mass is 9.89. The molecule has 0 spiro atoms. The SMILES string of the molecule is O=C([C@H]1CCCN(S(=O)(=O)c2cccc3nonc23)C1)N1CCC(Cc2ccccc2)CC1. The molecule has 8 nitrogen and oxygen atoms in total. The van der Waals surface area contributed by atoms with E-state index in [1.54, 1.807) is 12.1 Å². The van der Waals surface area contributed by atoms with Gasteiger partial charge in [-0.15, -0.1) is 0 Å². The van der Waals surface area contributed by atoms with Crippen molar-refractivity contribution in [3.63, 3.8) is 0 Å². The number of piperidine rings is 2. The Kier molecular flexibility index (Phi) is 6.16. The minimum atomic E-state index is -3.80. The second-order valence-electron chi connectivity index (χ2n) is 9.05. The summed E-state index contributed by atoms with van der Waals surface area (Å²) in [6.07, 6.45) is 4.38. The molecule has 3 aromatic rings. The van der Waals surface area contributed by atoms with Gasteiger partial charge < -0.3 is 4.90 Å². The molecule has 2 saturated heterocycles. The molecule has 0 N–H and O–H groups in total. The molecule has 5 rings (SSSR count). The first-order valence-corrected chi connectivity index (χ1v) is 13.0. The number of carbonyl (C=O) groups excluding carboxylic acids is 1. The first-order valence-electron chi connectivity index (χ1n) is 11.6. The number of rotatable bonds is 5. The lowest BCUT2D eigenvalue weighted by molar-refractivity contribution is -0.138. The third-order valence-electron chi connectivity index (χ3n) is 6.89. The molecule has 1 atom stereocenters. The fourth-order valence-electron chi connectivity index (χ4n) is 5.05. The maximum atomic E-state index is 13.4. The highest BCUT2D eigenvalue weighted by molar-refractivity contribution is 7.89. The van der Waals surface area contributed by atoms with Crippen molar-refractivity contribution >= 4 is 27.0 Å². The second-order valence-corrected chi connectivity index (χ2v) is 11.0. The highest BCUT2D eigenvalue weighted by atomic mass is 32.2. The van der Waals surface area contributed by atoms with Crippen molar-refractivity contribution in [3.8, 4) is 0 Å². The van der Waals surface area contributed by atoms with Crippen molar-refractivity contribution in [3.05, 3.63) is 54.1 Å². The molecule has 174 valence electrons. The van der Waals surface area contributed by atoms with Gasteiger partial charge in [0.15, 0.2) is 5.52 Å². The molecule has 0 bridgehead atoms. The van der Waals surface area contributed by atoms with Crippen LogP contribution in [-0.4, -0.2) is 60.0 Å². The van der Waals surface area contributed by atoms with E-state index in [0.717, 1.165) is 32.4 Å². The Morgan fingerprint density at radius 1 is 0.970 bits per heavy atom. The molecular formula is C24H28N4O4S. The van der Waals surface area contributed by atoms with Gasteiger partial charge in [-0.2, -0.15) is 4.31 Å². The van der Waals surface area contributed by atoms with Crippen molar-refractivity contribution in [2.75, 3.05) is 26.2 Å². The number of hydrogen-bond donors (Lipinski definition) is 0. The topological polar surface area (TPSA) is 96.6 Å². The minimum absolute atomic E-state index is 0.0781. The van der Waals surface area contributed by atoms with E-state index >= 15 is 0 Å². The molecule has 2 fully saturated rings. The highest BCUT2D eigenvalue weighted by Gasteiger charge is 2.37. The first-order chi connectivity index (χ1) is 16.0. The van der Waals surface area contributed by atoms with Crippen molar-refractivity contribution in [2.24, 2.45) is 11.8 Å². The second kappa shape index (κ2) is 9.23. The number of likely N-dealkylation sites (tertiary alicyclic amines) is 1. The molecule has 2 aliphatic rings. The monoisotopic (exact) mass is 468 g/mol. The van der Waals surface area contributed by atoms with E-state index in [4.69, 9.17) is 4.63 Å². The van der Waals surface area contributed by atoms with Crippen LogP contribution in [0.4, 0.5) is 0 Å². The lowest BCUT2D eigenvalue weighted by Gasteiger charge is -2.37. The molecule has 0 saturated carbocycles. The predicted octanol–water partition coefficient (Wildman–Crippen LogP) is 3.10. The number of benzene rings is 2. The maximum Gasteiger partial charge on any atom is 0.245 e. The standard InChI is InChI=1S/C24H28N4O4S/c29-24(27-14-11-19(12-15-27)16-18-6-2-1-3-7-18)20-8-5-13-28(17-20)33(30,31)22-10-4-9-21-23(22)26-32-25-21/h1-4,6-7,9-10,19-20H,5,8,11-17H2/t20-/m0/s1. The molecule has 0 radical (unpaired) electrons. The van der Waals surface area contributed by atoms with E-state index in [0.29, 0.717) is 30.8 Å². The molecule has 33 heavy (non-hydrogen) atoms. The quantitative estimate of drug-likeness (QED) is 0.571. The van der Waals surface area contributed by atoms with Gasteiger partial charge in [-0.25, -0.2) is 13.0 Å². The van der Waals surface area contributed by atoms with E-state index in [1.807, 2.05) is 11.0 Å². The number of aromatic nitrogens is 2. The van der Waals surface area contributed by atoms with E-state index in [1.165, 1.54) is 15.9 Å². The number of fused-ring (bicyclic) bond motifs is 1. The maximum absolute atomic E-state index is 13.4. The molecule has 3 heterocycles. The van der Waals surface area contributed by atoms with Crippen LogP contribution in [0.1, 0.15) is 31.2 Å². The van der Waals surface area contributed by atoms with E-state index < -0.39 is 10.0 Å². The summed E-state index contributed by atoms with van der Waals surface area (Å²) in [5, 5.41) is 7.52.